The number of ketones is 1. The number of Topliss-reactive ketones (excluding diaryl/α,β-unsaturated/α-hetero) is 1. The third-order valence-electron chi connectivity index (χ3n) is 8.18. The molecule has 2 aliphatic rings. The van der Waals surface area contributed by atoms with Crippen LogP contribution in [-0.2, 0) is 15.0 Å². The Morgan fingerprint density at radius 3 is 2.51 bits per heavy atom. The number of rotatable bonds is 12. The highest BCUT2D eigenvalue weighted by Gasteiger charge is 2.45. The smallest absolute Gasteiger partial charge is 0.303 e. The zero-order valence-corrected chi connectivity index (χ0v) is 21.7. The number of nitrogens with two attached hydrogens (primary N) is 1. The molecule has 0 bridgehead atoms. The van der Waals surface area contributed by atoms with Crippen molar-refractivity contribution in [2.45, 2.75) is 68.4 Å². The Kier molecular flexibility index (Phi) is 8.57. The second kappa shape index (κ2) is 11.7. The minimum atomic E-state index is -0.958. The average molecular weight is 506 g/mol. The molecular formula is C30H39N3O4. The maximum absolute atomic E-state index is 12.7. The van der Waals surface area contributed by atoms with Crippen molar-refractivity contribution in [2.75, 3.05) is 26.2 Å². The van der Waals surface area contributed by atoms with Crippen molar-refractivity contribution in [1.82, 2.24) is 10.2 Å². The van der Waals surface area contributed by atoms with E-state index in [1.807, 2.05) is 36.4 Å². The Bertz CT molecular complexity index is 1090. The van der Waals surface area contributed by atoms with Crippen LogP contribution in [0, 0.1) is 0 Å². The summed E-state index contributed by atoms with van der Waals surface area (Å²) in [4.78, 5) is 38.0. The highest BCUT2D eigenvalue weighted by atomic mass is 16.4. The number of aliphatic carboxylic acids is 1. The molecule has 3 atom stereocenters. The molecule has 4 rings (SSSR count). The van der Waals surface area contributed by atoms with Crippen LogP contribution in [0.5, 0.6) is 0 Å². The standard InChI is InChI=1S/C30H39N3O4/c1-29(31,21-34)20-32-24(11-12-27(35)22-7-3-2-4-8-22)19-33-15-13-30(14-16-33)18-23(17-28(36)37)25-9-5-6-10-26(25)30/h2-10,21,23-24,32H,11-20,31H2,1H3,(H,36,37)/t23?,24-,29?/m0/s1. The quantitative estimate of drug-likeness (QED) is 0.299. The van der Waals surface area contributed by atoms with E-state index in [0.717, 1.165) is 45.2 Å². The molecule has 4 N–H and O–H groups in total. The minimum Gasteiger partial charge on any atom is -0.481 e. The first kappa shape index (κ1) is 27.2. The summed E-state index contributed by atoms with van der Waals surface area (Å²) in [6.45, 7) is 4.64. The number of aldehydes is 1. The summed E-state index contributed by atoms with van der Waals surface area (Å²) in [6.07, 6.45) is 4.89. The zero-order valence-electron chi connectivity index (χ0n) is 21.7. The molecule has 0 aromatic heterocycles. The second-order valence-electron chi connectivity index (χ2n) is 11.2. The lowest BCUT2D eigenvalue weighted by Gasteiger charge is -2.42. The number of piperidine rings is 1. The number of hydrogen-bond acceptors (Lipinski definition) is 6. The SMILES string of the molecule is CC(N)(C=O)CN[C@@H](CCC(=O)c1ccccc1)CN1CCC2(CC1)CC(CC(=O)O)c1ccccc12. The number of nitrogens with one attached hydrogen (secondary N) is 1. The molecule has 7 nitrogen and oxygen atoms in total. The molecule has 2 aromatic rings. The molecule has 1 fully saturated rings. The number of benzene rings is 2. The second-order valence-corrected chi connectivity index (χ2v) is 11.2. The molecule has 1 heterocycles. The van der Waals surface area contributed by atoms with Gasteiger partial charge in [0.1, 0.15) is 6.29 Å². The normalized spacial score (nSPS) is 21.2. The number of carbonyl (C=O) groups is 3. The van der Waals surface area contributed by atoms with Gasteiger partial charge in [-0.05, 0) is 68.2 Å². The van der Waals surface area contributed by atoms with Gasteiger partial charge in [0.2, 0.25) is 0 Å². The third kappa shape index (κ3) is 6.72. The van der Waals surface area contributed by atoms with E-state index >= 15 is 0 Å². The van der Waals surface area contributed by atoms with E-state index in [0.29, 0.717) is 24.9 Å². The summed E-state index contributed by atoms with van der Waals surface area (Å²) in [6, 6.07) is 17.7. The molecule has 7 heteroatoms. The van der Waals surface area contributed by atoms with Crippen LogP contribution >= 0.6 is 0 Å². The molecule has 0 radical (unpaired) electrons. The highest BCUT2D eigenvalue weighted by molar-refractivity contribution is 5.95. The molecule has 2 aromatic carbocycles. The van der Waals surface area contributed by atoms with Crippen LogP contribution in [0.1, 0.15) is 72.9 Å². The number of carboxylic acids is 1. The first-order valence-electron chi connectivity index (χ1n) is 13.3. The Morgan fingerprint density at radius 1 is 1.16 bits per heavy atom. The van der Waals surface area contributed by atoms with E-state index in [-0.39, 0.29) is 29.6 Å². The number of hydrogen-bond donors (Lipinski definition) is 3. The van der Waals surface area contributed by atoms with Crippen LogP contribution < -0.4 is 11.1 Å². The summed E-state index contributed by atoms with van der Waals surface area (Å²) < 4.78 is 0. The van der Waals surface area contributed by atoms with E-state index in [1.165, 1.54) is 11.1 Å². The summed E-state index contributed by atoms with van der Waals surface area (Å²) in [5.74, 6) is -0.553. The van der Waals surface area contributed by atoms with Crippen molar-refractivity contribution in [2.24, 2.45) is 5.73 Å². The summed E-state index contributed by atoms with van der Waals surface area (Å²) >= 11 is 0. The Morgan fingerprint density at radius 2 is 1.84 bits per heavy atom. The van der Waals surface area contributed by atoms with Gasteiger partial charge in [-0.25, -0.2) is 0 Å². The molecule has 37 heavy (non-hydrogen) atoms. The van der Waals surface area contributed by atoms with Crippen LogP contribution in [0.25, 0.3) is 0 Å². The van der Waals surface area contributed by atoms with Gasteiger partial charge in [-0.3, -0.25) is 9.59 Å². The molecule has 0 saturated carbocycles. The molecule has 2 unspecified atom stereocenters. The van der Waals surface area contributed by atoms with E-state index in [2.05, 4.69) is 28.4 Å². The summed E-state index contributed by atoms with van der Waals surface area (Å²) in [5, 5.41) is 12.9. The van der Waals surface area contributed by atoms with Gasteiger partial charge < -0.3 is 25.9 Å². The molecule has 1 saturated heterocycles. The van der Waals surface area contributed by atoms with Gasteiger partial charge in [-0.2, -0.15) is 0 Å². The number of carboxylic acid groups (broad SMARTS) is 1. The third-order valence-corrected chi connectivity index (χ3v) is 8.18. The molecule has 1 spiro atoms. The fourth-order valence-electron chi connectivity index (χ4n) is 6.11. The Hall–Kier alpha value is -2.87. The fourth-order valence-corrected chi connectivity index (χ4v) is 6.11. The van der Waals surface area contributed by atoms with E-state index in [4.69, 9.17) is 5.73 Å². The van der Waals surface area contributed by atoms with Crippen LogP contribution in [0.2, 0.25) is 0 Å². The fraction of sp³-hybridized carbons (Fsp3) is 0.500. The lowest BCUT2D eigenvalue weighted by Crippen LogP contribution is -2.53. The van der Waals surface area contributed by atoms with Gasteiger partial charge in [0.05, 0.1) is 12.0 Å². The number of fused-ring (bicyclic) bond motifs is 2. The topological polar surface area (TPSA) is 113 Å². The van der Waals surface area contributed by atoms with Gasteiger partial charge in [-0.15, -0.1) is 0 Å². The van der Waals surface area contributed by atoms with Crippen molar-refractivity contribution < 1.29 is 19.5 Å². The van der Waals surface area contributed by atoms with Gasteiger partial charge in [0.25, 0.3) is 0 Å². The lowest BCUT2D eigenvalue weighted by atomic mass is 9.73. The first-order chi connectivity index (χ1) is 17.7. The van der Waals surface area contributed by atoms with Crippen molar-refractivity contribution in [1.29, 1.82) is 0 Å². The van der Waals surface area contributed by atoms with Gasteiger partial charge in [0.15, 0.2) is 5.78 Å². The number of nitrogens with zero attached hydrogens (tertiary/aromatic N) is 1. The van der Waals surface area contributed by atoms with E-state index < -0.39 is 11.5 Å². The van der Waals surface area contributed by atoms with Crippen molar-refractivity contribution >= 4 is 18.0 Å². The molecule has 198 valence electrons. The van der Waals surface area contributed by atoms with Crippen molar-refractivity contribution in [3.05, 3.63) is 71.3 Å². The average Bonchev–Trinajstić information content (AvgIpc) is 3.19. The predicted octanol–water partition coefficient (Wildman–Crippen LogP) is 3.52. The van der Waals surface area contributed by atoms with Gasteiger partial charge >= 0.3 is 5.97 Å². The van der Waals surface area contributed by atoms with Crippen LogP contribution in [-0.4, -0.2) is 65.8 Å². The van der Waals surface area contributed by atoms with Gasteiger partial charge in [0, 0.05) is 31.1 Å². The maximum atomic E-state index is 12.7. The number of carbonyl (C=O) groups excluding carboxylic acids is 2. The Labute approximate surface area is 219 Å². The number of likely N-dealkylation sites (tertiary alicyclic amines) is 1. The lowest BCUT2D eigenvalue weighted by molar-refractivity contribution is -0.137. The van der Waals surface area contributed by atoms with Crippen molar-refractivity contribution in [3.63, 3.8) is 0 Å². The summed E-state index contributed by atoms with van der Waals surface area (Å²) in [5.41, 5.74) is 8.39. The van der Waals surface area contributed by atoms with Crippen molar-refractivity contribution in [3.8, 4) is 0 Å². The van der Waals surface area contributed by atoms with E-state index in [1.54, 1.807) is 6.92 Å². The van der Waals surface area contributed by atoms with Crippen LogP contribution in [0.4, 0.5) is 0 Å². The predicted molar refractivity (Wildman–Crippen MR) is 144 cm³/mol. The van der Waals surface area contributed by atoms with E-state index in [9.17, 15) is 19.5 Å². The Balaban J connectivity index is 1.39. The molecule has 1 aliphatic carbocycles. The molecule has 0 amide bonds. The van der Waals surface area contributed by atoms with Crippen LogP contribution in [0.3, 0.4) is 0 Å². The monoisotopic (exact) mass is 505 g/mol. The first-order valence-corrected chi connectivity index (χ1v) is 13.3. The van der Waals surface area contributed by atoms with Crippen LogP contribution in [0.15, 0.2) is 54.6 Å². The summed E-state index contributed by atoms with van der Waals surface area (Å²) in [7, 11) is 0. The van der Waals surface area contributed by atoms with Gasteiger partial charge in [-0.1, -0.05) is 54.6 Å². The zero-order chi connectivity index (χ0) is 26.5. The molecule has 1 aliphatic heterocycles. The largest absolute Gasteiger partial charge is 0.481 e. The minimum absolute atomic E-state index is 0.0279. The highest BCUT2D eigenvalue weighted by Crippen LogP contribution is 2.52. The molecular weight excluding hydrogens is 466 g/mol. The maximum Gasteiger partial charge on any atom is 0.303 e.